The minimum absolute atomic E-state index is 0.258. The number of nitrogens with zero attached hydrogens (tertiary/aromatic N) is 4. The van der Waals surface area contributed by atoms with Gasteiger partial charge < -0.3 is 69.7 Å². The van der Waals surface area contributed by atoms with E-state index in [0.29, 0.717) is 49.2 Å². The molecular formula is C50H64N6O16. The first-order valence-electron chi connectivity index (χ1n) is 23.1. The zero-order chi connectivity index (χ0) is 52.8. The maximum absolute atomic E-state index is 12.9. The number of amides is 2. The second-order valence-corrected chi connectivity index (χ2v) is 19.7. The molecule has 0 spiro atoms. The van der Waals surface area contributed by atoms with Gasteiger partial charge in [-0.25, -0.2) is 19.2 Å². The van der Waals surface area contributed by atoms with E-state index in [0.717, 1.165) is 35.5 Å². The zero-order valence-electron chi connectivity index (χ0n) is 41.3. The summed E-state index contributed by atoms with van der Waals surface area (Å²) in [6, 6.07) is 19.2. The number of benzene rings is 2. The first kappa shape index (κ1) is 54.5. The van der Waals surface area contributed by atoms with E-state index in [9.17, 15) is 19.2 Å². The summed E-state index contributed by atoms with van der Waals surface area (Å²) in [5, 5.41) is 58.4. The maximum Gasteiger partial charge on any atom is 0.411 e. The molecular weight excluding hydrogens is 941 g/mol. The number of ether oxygens (including phenoxy) is 6. The van der Waals surface area contributed by atoms with Crippen LogP contribution in [0.2, 0.25) is 0 Å². The van der Waals surface area contributed by atoms with E-state index >= 15 is 0 Å². The number of likely N-dealkylation sites (tertiary alicyclic amines) is 2. The van der Waals surface area contributed by atoms with Crippen LogP contribution < -0.4 is 29.6 Å². The van der Waals surface area contributed by atoms with Crippen LogP contribution in [-0.4, -0.2) is 163 Å². The van der Waals surface area contributed by atoms with Crippen molar-refractivity contribution < 1.29 is 78.2 Å². The molecule has 4 aromatic rings. The van der Waals surface area contributed by atoms with Crippen molar-refractivity contribution in [1.82, 2.24) is 30.4 Å². The molecule has 0 aliphatic carbocycles. The minimum Gasteiger partial charge on any atom is -0.497 e. The molecule has 0 unspecified atom stereocenters. The van der Waals surface area contributed by atoms with E-state index in [2.05, 4.69) is 20.6 Å². The number of hydrogen-bond donors (Lipinski definition) is 8. The summed E-state index contributed by atoms with van der Waals surface area (Å²) in [6.07, 6.45) is -1.21. The van der Waals surface area contributed by atoms with Crippen molar-refractivity contribution in [2.75, 3.05) is 40.4 Å². The fourth-order valence-corrected chi connectivity index (χ4v) is 8.76. The number of methoxy groups -OCH3 is 2. The predicted molar refractivity (Wildman–Crippen MR) is 256 cm³/mol. The van der Waals surface area contributed by atoms with Gasteiger partial charge in [0.2, 0.25) is 0 Å². The third-order valence-corrected chi connectivity index (χ3v) is 12.2. The molecule has 2 aromatic carbocycles. The second kappa shape index (κ2) is 22.3. The van der Waals surface area contributed by atoms with E-state index in [-0.39, 0.29) is 24.3 Å². The minimum atomic E-state index is -2.36. The lowest BCUT2D eigenvalue weighted by Gasteiger charge is -2.39. The Labute approximate surface area is 416 Å². The third-order valence-electron chi connectivity index (χ3n) is 12.2. The summed E-state index contributed by atoms with van der Waals surface area (Å²) in [4.78, 5) is 58.4. The Bertz CT molecular complexity index is 2350. The van der Waals surface area contributed by atoms with Crippen LogP contribution in [0.4, 0.5) is 9.59 Å². The van der Waals surface area contributed by atoms with E-state index in [1.165, 1.54) is 0 Å². The van der Waals surface area contributed by atoms with Crippen molar-refractivity contribution in [3.05, 3.63) is 96.6 Å². The quantitative estimate of drug-likeness (QED) is 0.0939. The van der Waals surface area contributed by atoms with Crippen molar-refractivity contribution in [2.24, 2.45) is 0 Å². The highest BCUT2D eigenvalue weighted by molar-refractivity contribution is 5.75. The number of piperazine rings is 2. The van der Waals surface area contributed by atoms with Gasteiger partial charge in [0.05, 0.1) is 37.7 Å². The number of fused-ring (bicyclic) bond motifs is 4. The molecule has 8 atom stereocenters. The fourth-order valence-electron chi connectivity index (χ4n) is 8.76. The Balaban J connectivity index is 0.000000188. The monoisotopic (exact) mass is 1000 g/mol. The Morgan fingerprint density at radius 1 is 0.569 bits per heavy atom. The average Bonchev–Trinajstić information content (AvgIpc) is 4.15. The molecule has 6 heterocycles. The standard InChI is InChI=1S/2C22H27N3O4.C6H10O8/c2*1-21(2,3)29-20(26)25-13-16-10-22(25,14-24-16)15-9-19(12-23-11-15)28-18-7-5-17(27-4)6-8-18;7-1(3(9)5(11)12)2(8)4(10)6(13)14/h2*5-9,11-12,16,24H,10,13-14H2,1-4H3;1-4,7-10H,(H,11,12)(H,13,14)/t2*16-,22+;1-,2+,3+,4-/m00./s1. The summed E-state index contributed by atoms with van der Waals surface area (Å²) >= 11 is 0. The molecule has 4 saturated heterocycles. The number of aromatic nitrogens is 2. The molecule has 0 saturated carbocycles. The molecule has 4 bridgehead atoms. The van der Waals surface area contributed by atoms with Crippen molar-refractivity contribution in [2.45, 2.75) is 113 Å². The van der Waals surface area contributed by atoms with Crippen molar-refractivity contribution >= 4 is 24.1 Å². The van der Waals surface area contributed by atoms with Gasteiger partial charge in [0.15, 0.2) is 12.2 Å². The van der Waals surface area contributed by atoms with Crippen LogP contribution in [0.3, 0.4) is 0 Å². The van der Waals surface area contributed by atoms with Gasteiger partial charge in [0.25, 0.3) is 0 Å². The third kappa shape index (κ3) is 13.0. The zero-order valence-corrected chi connectivity index (χ0v) is 41.3. The molecule has 4 fully saturated rings. The number of aliphatic hydroxyl groups excluding tert-OH is 4. The van der Waals surface area contributed by atoms with Crippen LogP contribution >= 0.6 is 0 Å². The highest BCUT2D eigenvalue weighted by atomic mass is 16.6. The van der Waals surface area contributed by atoms with Gasteiger partial charge in [0.1, 0.15) is 57.9 Å². The number of carbonyl (C=O) groups is 4. The molecule has 22 nitrogen and oxygen atoms in total. The Morgan fingerprint density at radius 3 is 1.19 bits per heavy atom. The molecule has 0 radical (unpaired) electrons. The number of aliphatic carboxylic acids is 2. The first-order valence-corrected chi connectivity index (χ1v) is 23.1. The molecule has 4 aliphatic heterocycles. The second-order valence-electron chi connectivity index (χ2n) is 19.7. The van der Waals surface area contributed by atoms with Gasteiger partial charge in [-0.05, 0) is 115 Å². The maximum atomic E-state index is 12.9. The van der Waals surface area contributed by atoms with Gasteiger partial charge in [0, 0.05) is 61.8 Å². The van der Waals surface area contributed by atoms with Crippen molar-refractivity contribution in [3.63, 3.8) is 0 Å². The number of carboxylic acid groups (broad SMARTS) is 2. The molecule has 2 aromatic heterocycles. The topological polar surface area (TPSA) is 301 Å². The number of nitrogens with one attached hydrogen (secondary N) is 2. The lowest BCUT2D eigenvalue weighted by Crippen LogP contribution is -2.54. The number of hydrogen-bond acceptors (Lipinski definition) is 18. The number of aliphatic hydroxyl groups is 4. The van der Waals surface area contributed by atoms with E-state index < -0.39 is 58.6 Å². The molecule has 8 rings (SSSR count). The van der Waals surface area contributed by atoms with Gasteiger partial charge in [-0.1, -0.05) is 0 Å². The Hall–Kier alpha value is -6.82. The van der Waals surface area contributed by atoms with Gasteiger partial charge >= 0.3 is 24.1 Å². The van der Waals surface area contributed by atoms with Crippen LogP contribution in [0.15, 0.2) is 85.5 Å². The van der Waals surface area contributed by atoms with E-state index in [1.54, 1.807) is 26.6 Å². The first-order chi connectivity index (χ1) is 33.9. The molecule has 390 valence electrons. The molecule has 4 aliphatic rings. The number of rotatable bonds is 13. The molecule has 72 heavy (non-hydrogen) atoms. The van der Waals surface area contributed by atoms with E-state index in [1.807, 2.05) is 124 Å². The van der Waals surface area contributed by atoms with Gasteiger partial charge in [-0.15, -0.1) is 0 Å². The summed E-state index contributed by atoms with van der Waals surface area (Å²) < 4.78 is 33.7. The predicted octanol–water partition coefficient (Wildman–Crippen LogP) is 3.98. The highest BCUT2D eigenvalue weighted by Crippen LogP contribution is 2.46. The lowest BCUT2D eigenvalue weighted by molar-refractivity contribution is -0.172. The van der Waals surface area contributed by atoms with Crippen molar-refractivity contribution in [3.8, 4) is 34.5 Å². The van der Waals surface area contributed by atoms with Crippen LogP contribution in [-0.2, 0) is 30.1 Å². The van der Waals surface area contributed by atoms with Gasteiger partial charge in [-0.2, -0.15) is 0 Å². The molecule has 8 N–H and O–H groups in total. The molecule has 22 heteroatoms. The number of carbonyl (C=O) groups excluding carboxylic acids is 2. The lowest BCUT2D eigenvalue weighted by atomic mass is 9.90. The Kier molecular flexibility index (Phi) is 16.9. The van der Waals surface area contributed by atoms with Gasteiger partial charge in [-0.3, -0.25) is 19.8 Å². The fraction of sp³-hybridized carbons (Fsp3) is 0.480. The Morgan fingerprint density at radius 2 is 0.903 bits per heavy atom. The van der Waals surface area contributed by atoms with Crippen LogP contribution in [0.1, 0.15) is 65.5 Å². The number of pyridine rings is 2. The van der Waals surface area contributed by atoms with Crippen molar-refractivity contribution in [1.29, 1.82) is 0 Å². The summed E-state index contributed by atoms with van der Waals surface area (Å²) in [5.41, 5.74) is -0.127. The van der Waals surface area contributed by atoms with Crippen LogP contribution in [0, 0.1) is 0 Å². The number of carboxylic acids is 2. The van der Waals surface area contributed by atoms with E-state index in [4.69, 9.17) is 59.1 Å². The van der Waals surface area contributed by atoms with Crippen LogP contribution in [0.5, 0.6) is 34.5 Å². The molecule has 2 amide bonds. The SMILES string of the molecule is COc1ccc(Oc2cncc([C@@]34CN[C@H](CN3C(=O)OC(C)(C)C)C4)c2)cc1.COc1ccc(Oc2cncc([C@@]34CN[C@H](CN3C(=O)OC(C)(C)C)C4)c2)cc1.O=C(O)[C@@H](O)[C@H](O)[C@H](O)[C@@H](O)C(=O)O. The average molecular weight is 1010 g/mol. The smallest absolute Gasteiger partial charge is 0.411 e. The normalized spacial score (nSPS) is 22.4. The highest BCUT2D eigenvalue weighted by Gasteiger charge is 2.56. The summed E-state index contributed by atoms with van der Waals surface area (Å²) in [7, 11) is 3.26. The van der Waals surface area contributed by atoms with Crippen LogP contribution in [0.25, 0.3) is 0 Å². The largest absolute Gasteiger partial charge is 0.497 e. The summed E-state index contributed by atoms with van der Waals surface area (Å²) in [5.74, 6) is 0.502. The summed E-state index contributed by atoms with van der Waals surface area (Å²) in [6.45, 7) is 13.9.